The van der Waals surface area contributed by atoms with E-state index >= 15 is 0 Å². The monoisotopic (exact) mass is 315 g/mol. The van der Waals surface area contributed by atoms with Gasteiger partial charge in [-0.05, 0) is 42.0 Å². The number of amides is 2. The molecule has 1 fully saturated rings. The van der Waals surface area contributed by atoms with Crippen molar-refractivity contribution in [3.05, 3.63) is 34.7 Å². The summed E-state index contributed by atoms with van der Waals surface area (Å²) in [5.74, 6) is 2.86. The van der Waals surface area contributed by atoms with Gasteiger partial charge in [0.15, 0.2) is 0 Å². The number of terminal acetylenes is 1. The van der Waals surface area contributed by atoms with E-state index in [-0.39, 0.29) is 17.8 Å². The normalized spacial score (nSPS) is 16.2. The lowest BCUT2D eigenvalue weighted by atomic mass is 10.2. The summed E-state index contributed by atoms with van der Waals surface area (Å²) in [5, 5.41) is -0.196. The molecule has 1 aromatic carbocycles. The van der Waals surface area contributed by atoms with Crippen molar-refractivity contribution in [2.24, 2.45) is 0 Å². The maximum atomic E-state index is 12.2. The lowest BCUT2D eigenvalue weighted by molar-refractivity contribution is -0.122. The van der Waals surface area contributed by atoms with E-state index < -0.39 is 0 Å². The van der Waals surface area contributed by atoms with E-state index in [1.54, 1.807) is 18.2 Å². The predicted molar refractivity (Wildman–Crippen MR) is 88.4 cm³/mol. The molecule has 0 atom stereocenters. The summed E-state index contributed by atoms with van der Waals surface area (Å²) in [7, 11) is 0. The smallest absolute Gasteiger partial charge is 0.293 e. The molecule has 0 aromatic heterocycles. The molecule has 0 radical (unpaired) electrons. The van der Waals surface area contributed by atoms with Gasteiger partial charge in [0.25, 0.3) is 11.1 Å². The first-order valence-electron chi connectivity index (χ1n) is 7.07. The van der Waals surface area contributed by atoms with Crippen LogP contribution in [0.1, 0.15) is 25.3 Å². The second-order valence-electron chi connectivity index (χ2n) is 4.75. The number of hydrogen-bond acceptors (Lipinski definition) is 4. The molecule has 1 heterocycles. The van der Waals surface area contributed by atoms with E-state index in [1.807, 2.05) is 19.1 Å². The Morgan fingerprint density at radius 2 is 2.05 bits per heavy atom. The van der Waals surface area contributed by atoms with Crippen molar-refractivity contribution in [3.8, 4) is 18.1 Å². The molecule has 0 bridgehead atoms. The van der Waals surface area contributed by atoms with Gasteiger partial charge in [-0.3, -0.25) is 14.5 Å². The lowest BCUT2D eigenvalue weighted by Crippen LogP contribution is -2.29. The summed E-state index contributed by atoms with van der Waals surface area (Å²) >= 11 is 0.986. The number of thioether (sulfide) groups is 1. The molecule has 0 saturated carbocycles. The number of imide groups is 1. The summed E-state index contributed by atoms with van der Waals surface area (Å²) in [6.45, 7) is 2.73. The fourth-order valence-corrected chi connectivity index (χ4v) is 2.81. The average molecular weight is 315 g/mol. The average Bonchev–Trinajstić information content (AvgIpc) is 2.79. The molecule has 5 heteroatoms. The molecular weight excluding hydrogens is 298 g/mol. The largest absolute Gasteiger partial charge is 0.481 e. The Kier molecular flexibility index (Phi) is 5.68. The number of carbonyl (C=O) groups is 2. The van der Waals surface area contributed by atoms with E-state index in [2.05, 4.69) is 5.92 Å². The van der Waals surface area contributed by atoms with Crippen LogP contribution in [-0.2, 0) is 4.79 Å². The summed E-state index contributed by atoms with van der Waals surface area (Å²) in [6, 6.07) is 7.22. The molecule has 4 nitrogen and oxygen atoms in total. The third kappa shape index (κ3) is 3.92. The van der Waals surface area contributed by atoms with Gasteiger partial charge in [-0.25, -0.2) is 0 Å². The minimum Gasteiger partial charge on any atom is -0.481 e. The van der Waals surface area contributed by atoms with E-state index in [9.17, 15) is 9.59 Å². The van der Waals surface area contributed by atoms with Crippen LogP contribution in [0.2, 0.25) is 0 Å². The summed E-state index contributed by atoms with van der Waals surface area (Å²) in [6.07, 6.45) is 8.62. The molecule has 0 aliphatic carbocycles. The van der Waals surface area contributed by atoms with Crippen LogP contribution in [0, 0.1) is 12.3 Å². The van der Waals surface area contributed by atoms with Crippen LogP contribution in [0.15, 0.2) is 29.2 Å². The number of carbonyl (C=O) groups excluding carboxylic acids is 2. The van der Waals surface area contributed by atoms with Crippen LogP contribution >= 0.6 is 11.8 Å². The van der Waals surface area contributed by atoms with Crippen LogP contribution in [0.25, 0.3) is 6.08 Å². The topological polar surface area (TPSA) is 46.6 Å². The molecule has 0 spiro atoms. The third-order valence-corrected chi connectivity index (χ3v) is 4.02. The molecule has 22 heavy (non-hydrogen) atoms. The Morgan fingerprint density at radius 1 is 1.32 bits per heavy atom. The van der Waals surface area contributed by atoms with E-state index in [0.29, 0.717) is 17.2 Å². The minimum atomic E-state index is -0.212. The van der Waals surface area contributed by atoms with Crippen LogP contribution < -0.4 is 4.74 Å². The van der Waals surface area contributed by atoms with Crippen LogP contribution in [-0.4, -0.2) is 29.2 Å². The molecule has 0 unspecified atom stereocenters. The first-order valence-corrected chi connectivity index (χ1v) is 7.89. The maximum Gasteiger partial charge on any atom is 0.293 e. The van der Waals surface area contributed by atoms with Crippen molar-refractivity contribution in [2.75, 3.05) is 13.2 Å². The van der Waals surface area contributed by atoms with Gasteiger partial charge in [0, 0.05) is 6.54 Å². The van der Waals surface area contributed by atoms with E-state index in [1.165, 1.54) is 4.90 Å². The SMILES string of the molecule is C#CCOc1ccc(C=C2SC(=O)N(CCCC)C2=O)cc1. The summed E-state index contributed by atoms with van der Waals surface area (Å²) in [5.41, 5.74) is 0.842. The Hall–Kier alpha value is -2.19. The van der Waals surface area contributed by atoms with Crippen molar-refractivity contribution >= 4 is 29.0 Å². The van der Waals surface area contributed by atoms with Crippen molar-refractivity contribution in [2.45, 2.75) is 19.8 Å². The number of hydrogen-bond donors (Lipinski definition) is 0. The van der Waals surface area contributed by atoms with Crippen molar-refractivity contribution in [1.29, 1.82) is 0 Å². The fraction of sp³-hybridized carbons (Fsp3) is 0.294. The highest BCUT2D eigenvalue weighted by Gasteiger charge is 2.34. The predicted octanol–water partition coefficient (Wildman–Crippen LogP) is 3.54. The van der Waals surface area contributed by atoms with Gasteiger partial charge in [0.1, 0.15) is 12.4 Å². The van der Waals surface area contributed by atoms with Crippen molar-refractivity contribution < 1.29 is 14.3 Å². The van der Waals surface area contributed by atoms with Crippen LogP contribution in [0.3, 0.4) is 0 Å². The van der Waals surface area contributed by atoms with E-state index in [0.717, 1.165) is 30.2 Å². The Balaban J connectivity index is 2.08. The highest BCUT2D eigenvalue weighted by Crippen LogP contribution is 2.32. The highest BCUT2D eigenvalue weighted by atomic mass is 32.2. The number of benzene rings is 1. The summed E-state index contributed by atoms with van der Waals surface area (Å²) < 4.78 is 5.29. The third-order valence-electron chi connectivity index (χ3n) is 3.11. The van der Waals surface area contributed by atoms with Gasteiger partial charge in [-0.1, -0.05) is 31.4 Å². The van der Waals surface area contributed by atoms with Crippen molar-refractivity contribution in [1.82, 2.24) is 4.90 Å². The number of rotatable bonds is 6. The Morgan fingerprint density at radius 3 is 2.68 bits per heavy atom. The number of ether oxygens (including phenoxy) is 1. The molecular formula is C17H17NO3S. The first-order chi connectivity index (χ1) is 10.7. The minimum absolute atomic E-state index is 0.196. The van der Waals surface area contributed by atoms with Gasteiger partial charge >= 0.3 is 0 Å². The van der Waals surface area contributed by atoms with Gasteiger partial charge in [0.05, 0.1) is 4.91 Å². The molecule has 2 rings (SSSR count). The number of nitrogens with zero attached hydrogens (tertiary/aromatic N) is 1. The van der Waals surface area contributed by atoms with Crippen molar-refractivity contribution in [3.63, 3.8) is 0 Å². The zero-order valence-corrected chi connectivity index (χ0v) is 13.2. The quantitative estimate of drug-likeness (QED) is 0.595. The van der Waals surface area contributed by atoms with Crippen LogP contribution in [0.5, 0.6) is 5.75 Å². The fourth-order valence-electron chi connectivity index (χ4n) is 1.95. The zero-order valence-electron chi connectivity index (χ0n) is 12.4. The molecule has 1 saturated heterocycles. The number of unbranched alkanes of at least 4 members (excludes halogenated alkanes) is 1. The molecule has 2 amide bonds. The molecule has 1 aliphatic heterocycles. The van der Waals surface area contributed by atoms with Gasteiger partial charge in [0.2, 0.25) is 0 Å². The second-order valence-corrected chi connectivity index (χ2v) is 5.74. The van der Waals surface area contributed by atoms with E-state index in [4.69, 9.17) is 11.2 Å². The second kappa shape index (κ2) is 7.71. The Bertz CT molecular complexity index is 628. The Labute approximate surface area is 134 Å². The van der Waals surface area contributed by atoms with Gasteiger partial charge < -0.3 is 4.74 Å². The van der Waals surface area contributed by atoms with Gasteiger partial charge in [-0.15, -0.1) is 6.42 Å². The maximum absolute atomic E-state index is 12.2. The summed E-state index contributed by atoms with van der Waals surface area (Å²) in [4.78, 5) is 25.8. The lowest BCUT2D eigenvalue weighted by Gasteiger charge is -2.10. The molecule has 0 N–H and O–H groups in total. The van der Waals surface area contributed by atoms with Crippen LogP contribution in [0.4, 0.5) is 4.79 Å². The molecule has 1 aliphatic rings. The highest BCUT2D eigenvalue weighted by molar-refractivity contribution is 8.18. The first kappa shape index (κ1) is 16.2. The molecule has 114 valence electrons. The molecule has 1 aromatic rings. The standard InChI is InChI=1S/C17H17NO3S/c1-3-5-10-18-16(19)15(22-17(18)20)12-13-6-8-14(9-7-13)21-11-4-2/h2,6-9,12H,3,5,10-11H2,1H3. The zero-order chi connectivity index (χ0) is 15.9. The van der Waals surface area contributed by atoms with Gasteiger partial charge in [-0.2, -0.15) is 0 Å².